The summed E-state index contributed by atoms with van der Waals surface area (Å²) in [7, 11) is 0. The van der Waals surface area contributed by atoms with Crippen LogP contribution in [-0.4, -0.2) is 50.6 Å². The first-order chi connectivity index (χ1) is 14.7. The Morgan fingerprint density at radius 3 is 1.15 bits per heavy atom. The van der Waals surface area contributed by atoms with Gasteiger partial charge in [0.2, 0.25) is 0 Å². The molecule has 3 aromatic rings. The second-order valence-electron chi connectivity index (χ2n) is 4.88. The molecular weight excluding hydrogens is 522 g/mol. The van der Waals surface area contributed by atoms with E-state index in [1.165, 1.54) is 0 Å². The van der Waals surface area contributed by atoms with Crippen LogP contribution in [0.2, 0.25) is 0 Å². The monoisotopic (exact) mass is 526 g/mol. The molecule has 0 N–H and O–H groups in total. The molecule has 0 saturated heterocycles. The summed E-state index contributed by atoms with van der Waals surface area (Å²) < 4.78 is 22.5. The fourth-order valence-corrected chi connectivity index (χ4v) is 1.87. The molecule has 0 aliphatic rings. The fraction of sp³-hybridized carbons (Fsp3) is 0.250. The van der Waals surface area contributed by atoms with Crippen molar-refractivity contribution in [2.45, 2.75) is 12.3 Å². The third-order valence-electron chi connectivity index (χ3n) is 3.07. The Balaban J connectivity index is 0. The summed E-state index contributed by atoms with van der Waals surface area (Å²) in [5.41, 5.74) is -1.95. The number of ether oxygens (including phenoxy) is 2. The van der Waals surface area contributed by atoms with Gasteiger partial charge < -0.3 is 12.3 Å². The van der Waals surface area contributed by atoms with Crippen molar-refractivity contribution in [3.8, 4) is 23.5 Å². The molecule has 0 saturated carbocycles. The normalized spacial score (nSPS) is 10.2. The number of aromatic nitrogens is 6. The van der Waals surface area contributed by atoms with E-state index in [4.69, 9.17) is 9.47 Å². The largest absolute Gasteiger partial charge is 1.00 e. The Kier molecular flexibility index (Phi) is 10.9. The smallest absolute Gasteiger partial charge is 1.00 e. The molecule has 166 valence electrons. The van der Waals surface area contributed by atoms with E-state index in [2.05, 4.69) is 44.8 Å². The van der Waals surface area contributed by atoms with Crippen LogP contribution in [-0.2, 0) is 0 Å². The van der Waals surface area contributed by atoms with Crippen molar-refractivity contribution in [3.63, 3.8) is 0 Å². The predicted molar refractivity (Wildman–Crippen MR) is 78.7 cm³/mol. The maximum atomic E-state index is 10.9. The second-order valence-corrected chi connectivity index (χ2v) is 4.88. The van der Waals surface area contributed by atoms with E-state index in [0.29, 0.717) is 0 Å². The van der Waals surface area contributed by atoms with E-state index >= 15 is 0 Å². The van der Waals surface area contributed by atoms with E-state index in [1.54, 1.807) is 0 Å². The minimum atomic E-state index is -2.63. The van der Waals surface area contributed by atoms with Crippen LogP contribution in [0.4, 0.5) is 0 Å². The molecule has 0 aliphatic heterocycles. The summed E-state index contributed by atoms with van der Waals surface area (Å²) in [5, 5.41) is 62.1. The molecule has 0 aliphatic carbocycles. The Bertz CT molecular complexity index is 1060. The van der Waals surface area contributed by atoms with E-state index in [-0.39, 0.29) is 106 Å². The van der Waals surface area contributed by atoms with Crippen LogP contribution in [0.5, 0.6) is 23.5 Å². The summed E-state index contributed by atoms with van der Waals surface area (Å²) in [6, 6.07) is 0. The summed E-state index contributed by atoms with van der Waals surface area (Å²) in [5.74, 6) is -3.44. The van der Waals surface area contributed by atoms with Crippen molar-refractivity contribution >= 4 is 0 Å². The minimum Gasteiger partial charge on any atom is -1.00 e. The second kappa shape index (κ2) is 12.4. The first kappa shape index (κ1) is 28.9. The maximum absolute atomic E-state index is 10.9. The van der Waals surface area contributed by atoms with Gasteiger partial charge in [-0.05, 0) is 30.9 Å². The van der Waals surface area contributed by atoms with E-state index in [1.807, 2.05) is 0 Å². The molecule has 3 aromatic heterocycles. The Labute approximate surface area is 263 Å². The SMILES string of the molecule is O=[N+]([O-])C(c1nonc1Oc1nonc1Oc1nonc1C([N+](=O)[O-])[N+](=O)[O-])[N+](=O)[O-].[H-].[H-].[K+].[K+]. The van der Waals surface area contributed by atoms with Crippen molar-refractivity contribution in [1.29, 1.82) is 0 Å². The topological polar surface area (TPSA) is 308 Å². The van der Waals surface area contributed by atoms with Gasteiger partial charge in [0.1, 0.15) is 19.7 Å². The molecule has 25 heteroatoms. The molecule has 3 heterocycles. The molecule has 33 heavy (non-hydrogen) atoms. The third-order valence-corrected chi connectivity index (χ3v) is 3.07. The Morgan fingerprint density at radius 2 is 0.848 bits per heavy atom. The zero-order valence-corrected chi connectivity index (χ0v) is 22.2. The van der Waals surface area contributed by atoms with Gasteiger partial charge in [-0.2, -0.15) is 0 Å². The number of nitrogens with zero attached hydrogens (tertiary/aromatic N) is 10. The van der Waals surface area contributed by atoms with Crippen LogP contribution in [0.25, 0.3) is 0 Å². The van der Waals surface area contributed by atoms with Gasteiger partial charge in [-0.15, -0.1) is 0 Å². The van der Waals surface area contributed by atoms with E-state index < -0.39 is 66.9 Å². The van der Waals surface area contributed by atoms with Crippen LogP contribution in [0, 0.1) is 40.5 Å². The summed E-state index contributed by atoms with van der Waals surface area (Å²) >= 11 is 0. The van der Waals surface area contributed by atoms with Gasteiger partial charge in [0.05, 0.1) is 0 Å². The number of nitro groups is 4. The Hall–Kier alpha value is -2.11. The standard InChI is InChI=1S/C8H2N10O13.2K.2H/c19-15(20)7(16(21)22)1-3(11-29-9-1)27-5-6(14-31-13-5)28-4-2(10-30-12-4)8(17(23)24)18(25)26;;;;/h7-8H;;;;/q;2*+1;2*-1. The van der Waals surface area contributed by atoms with Crippen LogP contribution in [0.15, 0.2) is 13.9 Å². The molecular formula is C8H4K2N10O13. The molecule has 0 fully saturated rings. The summed E-state index contributed by atoms with van der Waals surface area (Å²) in [6.07, 6.45) is -5.25. The fourth-order valence-electron chi connectivity index (χ4n) is 1.87. The molecule has 0 spiro atoms. The first-order valence-corrected chi connectivity index (χ1v) is 7.07. The number of hydrogen-bond acceptors (Lipinski definition) is 19. The third kappa shape index (κ3) is 6.48. The van der Waals surface area contributed by atoms with Gasteiger partial charge in [0, 0.05) is 0 Å². The minimum absolute atomic E-state index is 0. The molecule has 0 bridgehead atoms. The van der Waals surface area contributed by atoms with Crippen LogP contribution in [0.1, 0.15) is 26.6 Å². The maximum Gasteiger partial charge on any atom is 1.00 e. The average Bonchev–Trinajstić information content (AvgIpc) is 3.39. The van der Waals surface area contributed by atoms with Gasteiger partial charge in [-0.25, -0.2) is 13.9 Å². The molecule has 0 amide bonds. The molecule has 0 radical (unpaired) electrons. The quantitative estimate of drug-likeness (QED) is 0.103. The zero-order valence-electron chi connectivity index (χ0n) is 17.9. The molecule has 23 nitrogen and oxygen atoms in total. The molecule has 3 rings (SSSR count). The summed E-state index contributed by atoms with van der Waals surface area (Å²) in [6.45, 7) is 0. The van der Waals surface area contributed by atoms with Gasteiger partial charge in [-0.3, -0.25) is 40.5 Å². The van der Waals surface area contributed by atoms with Crippen molar-refractivity contribution in [3.05, 3.63) is 51.8 Å². The van der Waals surface area contributed by atoms with E-state index in [0.717, 1.165) is 0 Å². The van der Waals surface area contributed by atoms with Crippen molar-refractivity contribution in [2.24, 2.45) is 0 Å². The van der Waals surface area contributed by atoms with E-state index in [9.17, 15) is 40.5 Å². The molecule has 0 atom stereocenters. The predicted octanol–water partition coefficient (Wildman–Crippen LogP) is -6.24. The van der Waals surface area contributed by atoms with Gasteiger partial charge in [-0.1, -0.05) is 0 Å². The first-order valence-electron chi connectivity index (χ1n) is 7.07. The van der Waals surface area contributed by atoms with Crippen molar-refractivity contribution in [2.75, 3.05) is 0 Å². The van der Waals surface area contributed by atoms with Crippen LogP contribution < -0.4 is 112 Å². The molecule has 0 aromatic carbocycles. The number of hydrogen-bond donors (Lipinski definition) is 0. The van der Waals surface area contributed by atoms with Crippen LogP contribution in [0.3, 0.4) is 0 Å². The van der Waals surface area contributed by atoms with Crippen molar-refractivity contribution < 1.29 is 149 Å². The molecule has 0 unspecified atom stereocenters. The number of rotatable bonds is 10. The summed E-state index contributed by atoms with van der Waals surface area (Å²) in [4.78, 5) is 38.2. The van der Waals surface area contributed by atoms with Crippen LogP contribution >= 0.6 is 0 Å². The van der Waals surface area contributed by atoms with Crippen molar-refractivity contribution in [1.82, 2.24) is 30.9 Å². The zero-order chi connectivity index (χ0) is 22.7. The van der Waals surface area contributed by atoms with Gasteiger partial charge in [0.15, 0.2) is 0 Å². The Morgan fingerprint density at radius 1 is 0.576 bits per heavy atom. The van der Waals surface area contributed by atoms with Gasteiger partial charge >= 0.3 is 139 Å². The average molecular weight is 526 g/mol. The van der Waals surface area contributed by atoms with Gasteiger partial charge in [0.25, 0.3) is 11.4 Å².